The molecule has 0 atom stereocenters. The molecule has 122 valence electrons. The van der Waals surface area contributed by atoms with Crippen molar-refractivity contribution in [1.29, 1.82) is 5.26 Å². The number of piperidine rings is 1. The quantitative estimate of drug-likeness (QED) is 0.902. The fourth-order valence-electron chi connectivity index (χ4n) is 2.92. The van der Waals surface area contributed by atoms with Gasteiger partial charge in [-0.2, -0.15) is 5.26 Å². The van der Waals surface area contributed by atoms with Crippen molar-refractivity contribution in [2.45, 2.75) is 18.8 Å². The zero-order chi connectivity index (χ0) is 16.9. The van der Waals surface area contributed by atoms with E-state index in [9.17, 15) is 4.39 Å². The molecule has 0 saturated carbocycles. The monoisotopic (exact) mass is 322 g/mol. The van der Waals surface area contributed by atoms with Crippen LogP contribution in [0, 0.1) is 17.1 Å². The highest BCUT2D eigenvalue weighted by molar-refractivity contribution is 5.74. The van der Waals surface area contributed by atoms with Gasteiger partial charge < -0.3 is 10.6 Å². The van der Waals surface area contributed by atoms with Gasteiger partial charge in [-0.3, -0.25) is 0 Å². The molecule has 4 nitrogen and oxygen atoms in total. The smallest absolute Gasteiger partial charge is 0.133 e. The van der Waals surface area contributed by atoms with E-state index < -0.39 is 5.82 Å². The molecule has 0 aliphatic carbocycles. The number of rotatable bonds is 4. The second-order valence-corrected chi connectivity index (χ2v) is 5.88. The maximum atomic E-state index is 14.1. The van der Waals surface area contributed by atoms with Crippen LogP contribution in [0.25, 0.3) is 5.70 Å². The molecule has 1 fully saturated rings. The summed E-state index contributed by atoms with van der Waals surface area (Å²) in [5.41, 5.74) is 2.10. The molecule has 0 amide bonds. The van der Waals surface area contributed by atoms with Gasteiger partial charge in [-0.15, -0.1) is 0 Å². The third kappa shape index (κ3) is 3.61. The van der Waals surface area contributed by atoms with Crippen molar-refractivity contribution in [3.8, 4) is 6.07 Å². The number of aromatic nitrogens is 1. The average molecular weight is 322 g/mol. The number of halogens is 1. The van der Waals surface area contributed by atoms with Crippen molar-refractivity contribution in [2.75, 3.05) is 18.4 Å². The highest BCUT2D eigenvalue weighted by Crippen LogP contribution is 2.25. The number of pyridine rings is 1. The van der Waals surface area contributed by atoms with Crippen molar-refractivity contribution in [3.63, 3.8) is 0 Å². The first-order chi connectivity index (χ1) is 11.7. The summed E-state index contributed by atoms with van der Waals surface area (Å²) in [4.78, 5) is 4.65. The topological polar surface area (TPSA) is 60.7 Å². The first-order valence-electron chi connectivity index (χ1n) is 8.01. The van der Waals surface area contributed by atoms with Crippen molar-refractivity contribution in [1.82, 2.24) is 10.3 Å². The van der Waals surface area contributed by atoms with E-state index in [1.807, 2.05) is 24.3 Å². The van der Waals surface area contributed by atoms with Crippen LogP contribution in [0.2, 0.25) is 0 Å². The van der Waals surface area contributed by atoms with Crippen LogP contribution in [0.5, 0.6) is 0 Å². The zero-order valence-electron chi connectivity index (χ0n) is 13.3. The predicted molar refractivity (Wildman–Crippen MR) is 92.9 cm³/mol. The lowest BCUT2D eigenvalue weighted by Crippen LogP contribution is -2.27. The van der Waals surface area contributed by atoms with Gasteiger partial charge in [0.05, 0.1) is 11.6 Å². The lowest BCUT2D eigenvalue weighted by atomic mass is 9.94. The molecule has 0 unspecified atom stereocenters. The number of nitriles is 1. The van der Waals surface area contributed by atoms with E-state index in [1.165, 1.54) is 6.07 Å². The van der Waals surface area contributed by atoms with Crippen LogP contribution >= 0.6 is 0 Å². The largest absolute Gasteiger partial charge is 0.340 e. The van der Waals surface area contributed by atoms with Crippen LogP contribution < -0.4 is 10.6 Å². The molecule has 2 N–H and O–H groups in total. The van der Waals surface area contributed by atoms with Crippen LogP contribution in [0.3, 0.4) is 0 Å². The third-order valence-electron chi connectivity index (χ3n) is 4.23. The van der Waals surface area contributed by atoms with Crippen LogP contribution in [0.15, 0.2) is 43.0 Å². The molecule has 5 heteroatoms. The SMILES string of the molecule is C=C(Nc1cccc(C2CCNCC2)n1)c1ccc(C#N)cc1F. The maximum Gasteiger partial charge on any atom is 0.133 e. The Bertz CT molecular complexity index is 788. The van der Waals surface area contributed by atoms with Gasteiger partial charge in [-0.25, -0.2) is 9.37 Å². The second-order valence-electron chi connectivity index (χ2n) is 5.88. The summed E-state index contributed by atoms with van der Waals surface area (Å²) in [6.07, 6.45) is 2.14. The van der Waals surface area contributed by atoms with Gasteiger partial charge in [-0.05, 0) is 56.3 Å². The minimum Gasteiger partial charge on any atom is -0.340 e. The van der Waals surface area contributed by atoms with E-state index in [-0.39, 0.29) is 5.56 Å². The third-order valence-corrected chi connectivity index (χ3v) is 4.23. The fourth-order valence-corrected chi connectivity index (χ4v) is 2.92. The Balaban J connectivity index is 1.76. The normalized spacial score (nSPS) is 14.8. The Kier molecular flexibility index (Phi) is 4.88. The van der Waals surface area contributed by atoms with E-state index >= 15 is 0 Å². The summed E-state index contributed by atoms with van der Waals surface area (Å²) >= 11 is 0. The summed E-state index contributed by atoms with van der Waals surface area (Å²) in [6.45, 7) is 5.91. The van der Waals surface area contributed by atoms with Crippen molar-refractivity contribution in [2.24, 2.45) is 0 Å². The molecule has 2 heterocycles. The highest BCUT2D eigenvalue weighted by Gasteiger charge is 2.17. The second kappa shape index (κ2) is 7.24. The summed E-state index contributed by atoms with van der Waals surface area (Å²) in [5, 5.41) is 15.2. The lowest BCUT2D eigenvalue weighted by molar-refractivity contribution is 0.453. The first kappa shape index (κ1) is 16.2. The zero-order valence-corrected chi connectivity index (χ0v) is 13.3. The molecular weight excluding hydrogens is 303 g/mol. The maximum absolute atomic E-state index is 14.1. The van der Waals surface area contributed by atoms with Gasteiger partial charge >= 0.3 is 0 Å². The molecule has 0 radical (unpaired) electrons. The van der Waals surface area contributed by atoms with Crippen molar-refractivity contribution in [3.05, 3.63) is 65.6 Å². The van der Waals surface area contributed by atoms with Crippen molar-refractivity contribution < 1.29 is 4.39 Å². The predicted octanol–water partition coefficient (Wildman–Crippen LogP) is 3.64. The molecule has 24 heavy (non-hydrogen) atoms. The molecule has 1 aromatic heterocycles. The standard InChI is InChI=1S/C19H19FN4/c1-13(16-6-5-14(12-21)11-17(16)20)23-19-4-2-3-18(24-19)15-7-9-22-10-8-15/h2-6,11,15,22H,1,7-10H2,(H,23,24). The molecule has 1 saturated heterocycles. The Labute approximate surface area is 141 Å². The number of hydrogen-bond acceptors (Lipinski definition) is 4. The van der Waals surface area contributed by atoms with Crippen LogP contribution in [0.1, 0.15) is 35.6 Å². The molecule has 1 aliphatic rings. The van der Waals surface area contributed by atoms with E-state index in [0.29, 0.717) is 23.0 Å². The van der Waals surface area contributed by atoms with Crippen LogP contribution in [-0.2, 0) is 0 Å². The van der Waals surface area contributed by atoms with Crippen molar-refractivity contribution >= 4 is 11.5 Å². The minimum absolute atomic E-state index is 0.287. The highest BCUT2D eigenvalue weighted by atomic mass is 19.1. The molecule has 0 bridgehead atoms. The first-order valence-corrected chi connectivity index (χ1v) is 8.01. The number of nitrogens with one attached hydrogen (secondary N) is 2. The van der Waals surface area contributed by atoms with Crippen LogP contribution in [0.4, 0.5) is 10.2 Å². The minimum atomic E-state index is -0.471. The van der Waals surface area contributed by atoms with Gasteiger partial charge in [-0.1, -0.05) is 12.6 Å². The Hall–Kier alpha value is -2.71. The van der Waals surface area contributed by atoms with Gasteiger partial charge in [0.2, 0.25) is 0 Å². The summed E-state index contributed by atoms with van der Waals surface area (Å²) in [5.74, 6) is 0.633. The number of nitrogens with zero attached hydrogens (tertiary/aromatic N) is 2. The molecule has 1 aliphatic heterocycles. The van der Waals surface area contributed by atoms with E-state index in [2.05, 4.69) is 22.2 Å². The van der Waals surface area contributed by atoms with E-state index in [0.717, 1.165) is 31.6 Å². The number of anilines is 1. The Morgan fingerprint density at radius 1 is 1.29 bits per heavy atom. The average Bonchev–Trinajstić information content (AvgIpc) is 2.62. The Morgan fingerprint density at radius 2 is 2.08 bits per heavy atom. The molecular formula is C19H19FN4. The molecule has 2 aromatic rings. The van der Waals surface area contributed by atoms with Gasteiger partial charge in [0.15, 0.2) is 0 Å². The Morgan fingerprint density at radius 3 is 2.79 bits per heavy atom. The molecule has 0 spiro atoms. The number of hydrogen-bond donors (Lipinski definition) is 2. The van der Waals surface area contributed by atoms with Gasteiger partial charge in [0.25, 0.3) is 0 Å². The summed E-state index contributed by atoms with van der Waals surface area (Å²) in [7, 11) is 0. The number of benzene rings is 1. The summed E-state index contributed by atoms with van der Waals surface area (Å²) < 4.78 is 14.1. The van der Waals surface area contributed by atoms with Gasteiger partial charge in [0.1, 0.15) is 11.6 Å². The molecule has 3 rings (SSSR count). The fraction of sp³-hybridized carbons (Fsp3) is 0.263. The summed E-state index contributed by atoms with van der Waals surface area (Å²) in [6, 6.07) is 12.1. The van der Waals surface area contributed by atoms with E-state index in [1.54, 1.807) is 12.1 Å². The van der Waals surface area contributed by atoms with E-state index in [4.69, 9.17) is 5.26 Å². The lowest BCUT2D eigenvalue weighted by Gasteiger charge is -2.22. The van der Waals surface area contributed by atoms with Crippen LogP contribution in [-0.4, -0.2) is 18.1 Å². The molecule has 1 aromatic carbocycles. The van der Waals surface area contributed by atoms with Gasteiger partial charge in [0, 0.05) is 22.9 Å².